The monoisotopic (exact) mass is 403 g/mol. The highest BCUT2D eigenvalue weighted by atomic mass is 16.5. The van der Waals surface area contributed by atoms with Crippen molar-refractivity contribution in [1.29, 1.82) is 0 Å². The molecule has 2 aliphatic carbocycles. The number of ether oxygens (including phenoxy) is 1. The summed E-state index contributed by atoms with van der Waals surface area (Å²) in [5.74, 6) is 0.805. The quantitative estimate of drug-likeness (QED) is 0.704. The van der Waals surface area contributed by atoms with Crippen LogP contribution in [0, 0.1) is 11.8 Å². The predicted molar refractivity (Wildman–Crippen MR) is 113 cm³/mol. The fourth-order valence-corrected chi connectivity index (χ4v) is 5.07. The van der Waals surface area contributed by atoms with Crippen LogP contribution in [0.15, 0.2) is 9.59 Å². The molecule has 1 heterocycles. The number of carbonyl (C=O) groups excluding carboxylic acids is 1. The molecule has 1 aromatic rings. The van der Waals surface area contributed by atoms with Gasteiger partial charge in [-0.2, -0.15) is 0 Å². The smallest absolute Gasteiger partial charge is 0.253 e. The molecule has 3 fully saturated rings. The number of anilines is 2. The number of hydrogen-bond donors (Lipinski definition) is 2. The van der Waals surface area contributed by atoms with Crippen molar-refractivity contribution in [2.75, 3.05) is 43.1 Å². The first-order chi connectivity index (χ1) is 14.1. The van der Waals surface area contributed by atoms with E-state index in [1.54, 1.807) is 0 Å². The van der Waals surface area contributed by atoms with E-state index >= 15 is 0 Å². The Morgan fingerprint density at radius 1 is 0.931 bits per heavy atom. The molecule has 0 spiro atoms. The first-order valence-corrected chi connectivity index (χ1v) is 11.3. The van der Waals surface area contributed by atoms with E-state index in [4.69, 9.17) is 4.74 Å². The summed E-state index contributed by atoms with van der Waals surface area (Å²) < 4.78 is 5.33. The van der Waals surface area contributed by atoms with Gasteiger partial charge in [-0.05, 0) is 44.4 Å². The third kappa shape index (κ3) is 4.65. The first kappa shape index (κ1) is 20.4. The van der Waals surface area contributed by atoms with Gasteiger partial charge in [0.2, 0.25) is 5.91 Å². The summed E-state index contributed by atoms with van der Waals surface area (Å²) in [5.41, 5.74) is 0.248. The molecule has 1 saturated heterocycles. The van der Waals surface area contributed by atoms with Crippen LogP contribution in [0.3, 0.4) is 0 Å². The zero-order valence-corrected chi connectivity index (χ0v) is 17.2. The molecular formula is C22H33N3O4. The summed E-state index contributed by atoms with van der Waals surface area (Å²) in [6, 6.07) is 0.378. The summed E-state index contributed by atoms with van der Waals surface area (Å²) in [4.78, 5) is 38.6. The van der Waals surface area contributed by atoms with Crippen LogP contribution in [0.5, 0.6) is 0 Å². The Hall–Kier alpha value is -1.89. The normalized spacial score (nSPS) is 26.4. The standard InChI is InChI=1S/C22H33N3O4/c26-20-18(19(21(20)27)25-10-12-29-13-11-25)23-14-15-6-8-16(9-7-15)22(28)24-17-4-2-1-3-5-17/h15-17,23H,1-14H2,(H,24,28). The maximum Gasteiger partial charge on any atom is 0.253 e. The van der Waals surface area contributed by atoms with E-state index in [0.29, 0.717) is 56.2 Å². The third-order valence-electron chi connectivity index (χ3n) is 6.95. The molecule has 0 unspecified atom stereocenters. The number of carbonyl (C=O) groups is 1. The van der Waals surface area contributed by atoms with Gasteiger partial charge in [-0.15, -0.1) is 0 Å². The van der Waals surface area contributed by atoms with Gasteiger partial charge in [-0.3, -0.25) is 14.4 Å². The topological polar surface area (TPSA) is 87.7 Å². The molecule has 0 bridgehead atoms. The van der Waals surface area contributed by atoms with Crippen LogP contribution < -0.4 is 26.4 Å². The van der Waals surface area contributed by atoms with Gasteiger partial charge in [0.15, 0.2) is 0 Å². The maximum atomic E-state index is 12.6. The fourth-order valence-electron chi connectivity index (χ4n) is 5.07. The van der Waals surface area contributed by atoms with Gasteiger partial charge in [0.25, 0.3) is 10.9 Å². The first-order valence-electron chi connectivity index (χ1n) is 11.3. The lowest BCUT2D eigenvalue weighted by molar-refractivity contribution is -0.127. The van der Waals surface area contributed by atoms with E-state index in [2.05, 4.69) is 10.6 Å². The van der Waals surface area contributed by atoms with Crippen LogP contribution in [0.4, 0.5) is 11.4 Å². The van der Waals surface area contributed by atoms with Crippen LogP contribution in [0.2, 0.25) is 0 Å². The lowest BCUT2D eigenvalue weighted by atomic mass is 9.81. The Kier molecular flexibility index (Phi) is 6.53. The van der Waals surface area contributed by atoms with Gasteiger partial charge >= 0.3 is 0 Å². The van der Waals surface area contributed by atoms with Gasteiger partial charge in [-0.25, -0.2) is 0 Å². The minimum atomic E-state index is -0.396. The summed E-state index contributed by atoms with van der Waals surface area (Å²) >= 11 is 0. The Labute approximate surface area is 171 Å². The van der Waals surface area contributed by atoms with Crippen molar-refractivity contribution in [3.63, 3.8) is 0 Å². The van der Waals surface area contributed by atoms with Gasteiger partial charge in [-0.1, -0.05) is 19.3 Å². The Bertz CT molecular complexity index is 765. The molecule has 4 rings (SSSR count). The molecule has 0 radical (unpaired) electrons. The highest BCUT2D eigenvalue weighted by Crippen LogP contribution is 2.30. The third-order valence-corrected chi connectivity index (χ3v) is 6.95. The molecule has 0 aromatic heterocycles. The van der Waals surface area contributed by atoms with Gasteiger partial charge in [0.05, 0.1) is 13.2 Å². The highest BCUT2D eigenvalue weighted by Gasteiger charge is 2.30. The highest BCUT2D eigenvalue weighted by molar-refractivity contribution is 5.79. The van der Waals surface area contributed by atoms with Crippen LogP contribution in [0.25, 0.3) is 0 Å². The molecule has 160 valence electrons. The SMILES string of the molecule is O=C(NC1CCCCC1)C1CCC(CNc2c(N3CCOCC3)c(=O)c2=O)CC1. The second kappa shape index (κ2) is 9.28. The minimum absolute atomic E-state index is 0.128. The summed E-state index contributed by atoms with van der Waals surface area (Å²) in [7, 11) is 0. The van der Waals surface area contributed by atoms with Crippen molar-refractivity contribution in [3.8, 4) is 0 Å². The van der Waals surface area contributed by atoms with E-state index in [1.807, 2.05) is 4.90 Å². The van der Waals surface area contributed by atoms with Crippen molar-refractivity contribution in [2.24, 2.45) is 11.8 Å². The van der Waals surface area contributed by atoms with Gasteiger partial charge < -0.3 is 20.3 Å². The summed E-state index contributed by atoms with van der Waals surface area (Å²) in [6.45, 7) is 3.18. The van der Waals surface area contributed by atoms with Crippen molar-refractivity contribution in [1.82, 2.24) is 5.32 Å². The molecule has 3 aliphatic rings. The average molecular weight is 404 g/mol. The average Bonchev–Trinajstić information content (AvgIpc) is 2.77. The van der Waals surface area contributed by atoms with E-state index in [-0.39, 0.29) is 17.3 Å². The van der Waals surface area contributed by atoms with E-state index in [0.717, 1.165) is 38.5 Å². The second-order valence-corrected chi connectivity index (χ2v) is 8.92. The molecule has 7 nitrogen and oxygen atoms in total. The largest absolute Gasteiger partial charge is 0.380 e. The predicted octanol–water partition coefficient (Wildman–Crippen LogP) is 1.79. The maximum absolute atomic E-state index is 12.6. The Morgan fingerprint density at radius 3 is 2.31 bits per heavy atom. The number of nitrogens with zero attached hydrogens (tertiary/aromatic N) is 1. The van der Waals surface area contributed by atoms with Crippen molar-refractivity contribution in [2.45, 2.75) is 63.8 Å². The number of hydrogen-bond acceptors (Lipinski definition) is 6. The lowest BCUT2D eigenvalue weighted by Crippen LogP contribution is -2.47. The van der Waals surface area contributed by atoms with Gasteiger partial charge in [0, 0.05) is 31.6 Å². The Morgan fingerprint density at radius 2 is 1.62 bits per heavy atom. The zero-order chi connectivity index (χ0) is 20.2. The zero-order valence-electron chi connectivity index (χ0n) is 17.2. The number of morpholine rings is 1. The number of nitrogens with one attached hydrogen (secondary N) is 2. The lowest BCUT2D eigenvalue weighted by Gasteiger charge is -2.32. The molecule has 0 atom stereocenters. The number of amides is 1. The molecule has 2 N–H and O–H groups in total. The van der Waals surface area contributed by atoms with Crippen molar-refractivity contribution in [3.05, 3.63) is 20.4 Å². The Balaban J connectivity index is 1.23. The molecule has 7 heteroatoms. The van der Waals surface area contributed by atoms with Crippen LogP contribution in [-0.4, -0.2) is 44.8 Å². The molecule has 1 amide bonds. The van der Waals surface area contributed by atoms with Gasteiger partial charge in [0.1, 0.15) is 11.4 Å². The van der Waals surface area contributed by atoms with E-state index < -0.39 is 5.43 Å². The van der Waals surface area contributed by atoms with Crippen LogP contribution >= 0.6 is 0 Å². The van der Waals surface area contributed by atoms with E-state index in [1.165, 1.54) is 19.3 Å². The number of rotatable bonds is 6. The van der Waals surface area contributed by atoms with Crippen LogP contribution in [0.1, 0.15) is 57.8 Å². The molecule has 2 saturated carbocycles. The van der Waals surface area contributed by atoms with Crippen LogP contribution in [-0.2, 0) is 9.53 Å². The fraction of sp³-hybridized carbons (Fsp3) is 0.773. The van der Waals surface area contributed by atoms with Crippen molar-refractivity contribution < 1.29 is 9.53 Å². The van der Waals surface area contributed by atoms with Crippen molar-refractivity contribution >= 4 is 17.3 Å². The molecule has 1 aromatic carbocycles. The minimum Gasteiger partial charge on any atom is -0.380 e. The molecule has 1 aliphatic heterocycles. The summed E-state index contributed by atoms with van der Waals surface area (Å²) in [6.07, 6.45) is 9.79. The summed E-state index contributed by atoms with van der Waals surface area (Å²) in [5, 5.41) is 6.52. The molecule has 29 heavy (non-hydrogen) atoms. The van der Waals surface area contributed by atoms with E-state index in [9.17, 15) is 14.4 Å². The molecular weight excluding hydrogens is 370 g/mol. The second-order valence-electron chi connectivity index (χ2n) is 8.92.